The molecule has 6 nitrogen and oxygen atoms in total. The van der Waals surface area contributed by atoms with Crippen LogP contribution in [0.1, 0.15) is 18.9 Å². The minimum Gasteiger partial charge on any atom is -0.497 e. The molecule has 0 heterocycles. The average molecular weight is 377 g/mol. The monoisotopic (exact) mass is 377 g/mol. The molecule has 2 rings (SSSR count). The highest BCUT2D eigenvalue weighted by Crippen LogP contribution is 2.15. The Kier molecular flexibility index (Phi) is 7.17. The predicted octanol–water partition coefficient (Wildman–Crippen LogP) is 2.74. The van der Waals surface area contributed by atoms with Crippen molar-refractivity contribution in [2.75, 3.05) is 13.7 Å². The number of benzene rings is 2. The number of carbonyl (C=O) groups is 1. The second kappa shape index (κ2) is 9.35. The first-order valence-electron chi connectivity index (χ1n) is 8.24. The van der Waals surface area contributed by atoms with Gasteiger partial charge in [-0.25, -0.2) is 13.1 Å². The largest absolute Gasteiger partial charge is 0.497 e. The third kappa shape index (κ3) is 6.16. The maximum atomic E-state index is 12.3. The molecule has 0 amide bonds. The van der Waals surface area contributed by atoms with E-state index >= 15 is 0 Å². The van der Waals surface area contributed by atoms with Crippen molar-refractivity contribution in [3.63, 3.8) is 0 Å². The molecule has 0 aliphatic rings. The van der Waals surface area contributed by atoms with Crippen molar-refractivity contribution in [2.24, 2.45) is 5.92 Å². The van der Waals surface area contributed by atoms with Crippen LogP contribution < -0.4 is 9.46 Å². The Labute approximate surface area is 154 Å². The van der Waals surface area contributed by atoms with Crippen LogP contribution in [0.2, 0.25) is 0 Å². The minimum atomic E-state index is -3.63. The van der Waals surface area contributed by atoms with E-state index in [2.05, 4.69) is 4.72 Å². The lowest BCUT2D eigenvalue weighted by atomic mass is 10.1. The summed E-state index contributed by atoms with van der Waals surface area (Å²) in [5, 5.41) is 0. The molecule has 0 saturated carbocycles. The van der Waals surface area contributed by atoms with Crippen molar-refractivity contribution in [3.8, 4) is 5.75 Å². The number of nitrogens with one attached hydrogen (secondary N) is 1. The fourth-order valence-corrected chi connectivity index (χ4v) is 3.41. The highest BCUT2D eigenvalue weighted by Gasteiger charge is 2.17. The number of sulfonamides is 1. The molecular formula is C19H23NO5S. The van der Waals surface area contributed by atoms with Crippen molar-refractivity contribution in [1.29, 1.82) is 0 Å². The van der Waals surface area contributed by atoms with Crippen LogP contribution in [0.25, 0.3) is 0 Å². The van der Waals surface area contributed by atoms with E-state index in [-0.39, 0.29) is 36.4 Å². The molecule has 0 saturated heterocycles. The third-order valence-corrected chi connectivity index (χ3v) is 5.19. The van der Waals surface area contributed by atoms with Gasteiger partial charge >= 0.3 is 5.97 Å². The summed E-state index contributed by atoms with van der Waals surface area (Å²) in [5.41, 5.74) is 0.911. The summed E-state index contributed by atoms with van der Waals surface area (Å²) < 4.78 is 37.3. The van der Waals surface area contributed by atoms with Crippen molar-refractivity contribution in [1.82, 2.24) is 4.72 Å². The fourth-order valence-electron chi connectivity index (χ4n) is 2.24. The predicted molar refractivity (Wildman–Crippen MR) is 98.2 cm³/mol. The van der Waals surface area contributed by atoms with Crippen molar-refractivity contribution < 1.29 is 22.7 Å². The quantitative estimate of drug-likeness (QED) is 0.680. The van der Waals surface area contributed by atoms with Gasteiger partial charge < -0.3 is 9.47 Å². The van der Waals surface area contributed by atoms with E-state index in [1.54, 1.807) is 19.1 Å². The molecule has 1 N–H and O–H groups in total. The van der Waals surface area contributed by atoms with E-state index in [4.69, 9.17) is 9.47 Å². The normalized spacial score (nSPS) is 12.4. The standard InChI is InChI=1S/C19H23NO5S/c1-15(12-19(21)25-14-16-6-4-3-5-7-16)13-20-26(22,23)18-10-8-17(24-2)9-11-18/h3-11,15,20H,12-14H2,1-2H3. The van der Waals surface area contributed by atoms with Crippen LogP contribution in [0, 0.1) is 5.92 Å². The van der Waals surface area contributed by atoms with E-state index in [1.807, 2.05) is 30.3 Å². The van der Waals surface area contributed by atoms with Crippen LogP contribution in [0.5, 0.6) is 5.75 Å². The van der Waals surface area contributed by atoms with Crippen LogP contribution in [0.3, 0.4) is 0 Å². The maximum absolute atomic E-state index is 12.3. The molecule has 0 bridgehead atoms. The second-order valence-electron chi connectivity index (χ2n) is 5.98. The third-order valence-electron chi connectivity index (χ3n) is 3.75. The lowest BCUT2D eigenvalue weighted by Crippen LogP contribution is -2.29. The zero-order chi connectivity index (χ0) is 19.0. The van der Waals surface area contributed by atoms with E-state index in [0.29, 0.717) is 5.75 Å². The number of esters is 1. The lowest BCUT2D eigenvalue weighted by Gasteiger charge is -2.13. The summed E-state index contributed by atoms with van der Waals surface area (Å²) in [7, 11) is -2.11. The van der Waals surface area contributed by atoms with Crippen LogP contribution in [-0.2, 0) is 26.2 Å². The Morgan fingerprint density at radius 3 is 2.35 bits per heavy atom. The summed E-state index contributed by atoms with van der Waals surface area (Å²) in [6.07, 6.45) is 0.137. The molecular weight excluding hydrogens is 354 g/mol. The van der Waals surface area contributed by atoms with Gasteiger partial charge in [0.05, 0.1) is 12.0 Å². The maximum Gasteiger partial charge on any atom is 0.306 e. The topological polar surface area (TPSA) is 81.7 Å². The molecule has 140 valence electrons. The van der Waals surface area contributed by atoms with Gasteiger partial charge in [-0.15, -0.1) is 0 Å². The molecule has 0 aliphatic heterocycles. The van der Waals surface area contributed by atoms with Gasteiger partial charge in [-0.05, 0) is 35.7 Å². The number of carbonyl (C=O) groups excluding carboxylic acids is 1. The summed E-state index contributed by atoms with van der Waals surface area (Å²) in [6, 6.07) is 15.5. The Morgan fingerprint density at radius 2 is 1.73 bits per heavy atom. The van der Waals surface area contributed by atoms with Gasteiger partial charge in [-0.2, -0.15) is 0 Å². The minimum absolute atomic E-state index is 0.137. The van der Waals surface area contributed by atoms with Crippen LogP contribution in [0.15, 0.2) is 59.5 Å². The first-order chi connectivity index (χ1) is 12.4. The molecule has 1 atom stereocenters. The van der Waals surface area contributed by atoms with E-state index in [1.165, 1.54) is 19.2 Å². The van der Waals surface area contributed by atoms with Gasteiger partial charge in [-0.1, -0.05) is 37.3 Å². The van der Waals surface area contributed by atoms with Crippen molar-refractivity contribution >= 4 is 16.0 Å². The summed E-state index contributed by atoms with van der Waals surface area (Å²) in [5.74, 6) is 0.0368. The number of ether oxygens (including phenoxy) is 2. The van der Waals surface area contributed by atoms with E-state index in [0.717, 1.165) is 5.56 Å². The van der Waals surface area contributed by atoms with Crippen LogP contribution in [0.4, 0.5) is 0 Å². The number of methoxy groups -OCH3 is 1. The first kappa shape index (κ1) is 19.9. The van der Waals surface area contributed by atoms with Crippen LogP contribution >= 0.6 is 0 Å². The Hall–Kier alpha value is -2.38. The Balaban J connectivity index is 1.79. The molecule has 1 unspecified atom stereocenters. The summed E-state index contributed by atoms with van der Waals surface area (Å²) in [4.78, 5) is 12.0. The molecule has 0 aromatic heterocycles. The first-order valence-corrected chi connectivity index (χ1v) is 9.72. The number of rotatable bonds is 9. The molecule has 0 aliphatic carbocycles. The van der Waals surface area contributed by atoms with Gasteiger partial charge in [-0.3, -0.25) is 4.79 Å². The molecule has 0 spiro atoms. The Morgan fingerprint density at radius 1 is 1.08 bits per heavy atom. The van der Waals surface area contributed by atoms with Crippen LogP contribution in [-0.4, -0.2) is 28.0 Å². The smallest absolute Gasteiger partial charge is 0.306 e. The van der Waals surface area contributed by atoms with Gasteiger partial charge in [0.25, 0.3) is 0 Å². The average Bonchev–Trinajstić information content (AvgIpc) is 2.66. The molecule has 0 radical (unpaired) electrons. The van der Waals surface area contributed by atoms with Crippen molar-refractivity contribution in [2.45, 2.75) is 24.8 Å². The number of hydrogen-bond donors (Lipinski definition) is 1. The van der Waals surface area contributed by atoms with Gasteiger partial charge in [0.2, 0.25) is 10.0 Å². The zero-order valence-corrected chi connectivity index (χ0v) is 15.7. The zero-order valence-electron chi connectivity index (χ0n) is 14.8. The summed E-state index contributed by atoms with van der Waals surface area (Å²) in [6.45, 7) is 2.15. The van der Waals surface area contributed by atoms with E-state index in [9.17, 15) is 13.2 Å². The highest BCUT2D eigenvalue weighted by molar-refractivity contribution is 7.89. The molecule has 2 aromatic carbocycles. The van der Waals surface area contributed by atoms with Gasteiger partial charge in [0, 0.05) is 13.0 Å². The highest BCUT2D eigenvalue weighted by atomic mass is 32.2. The molecule has 26 heavy (non-hydrogen) atoms. The van der Waals surface area contributed by atoms with Gasteiger partial charge in [0.15, 0.2) is 0 Å². The molecule has 7 heteroatoms. The van der Waals surface area contributed by atoms with E-state index < -0.39 is 10.0 Å². The SMILES string of the molecule is COc1ccc(S(=O)(=O)NCC(C)CC(=O)OCc2ccccc2)cc1. The molecule has 0 fully saturated rings. The van der Waals surface area contributed by atoms with Crippen molar-refractivity contribution in [3.05, 3.63) is 60.2 Å². The summed E-state index contributed by atoms with van der Waals surface area (Å²) >= 11 is 0. The van der Waals surface area contributed by atoms with Gasteiger partial charge in [0.1, 0.15) is 12.4 Å². The second-order valence-corrected chi connectivity index (χ2v) is 7.75. The fraction of sp³-hybridized carbons (Fsp3) is 0.316. The lowest BCUT2D eigenvalue weighted by molar-refractivity contribution is -0.145. The Bertz CT molecular complexity index is 804. The number of hydrogen-bond acceptors (Lipinski definition) is 5. The molecule has 2 aromatic rings.